The summed E-state index contributed by atoms with van der Waals surface area (Å²) in [5.74, 6) is -2.13. The summed E-state index contributed by atoms with van der Waals surface area (Å²) in [6, 6.07) is 11.5. The van der Waals surface area contributed by atoms with Crippen molar-refractivity contribution in [1.82, 2.24) is 9.13 Å². The molecule has 0 bridgehead atoms. The van der Waals surface area contributed by atoms with E-state index in [0.717, 1.165) is 34.2 Å². The van der Waals surface area contributed by atoms with E-state index in [9.17, 15) is 27.9 Å². The molecule has 2 aliphatic rings. The van der Waals surface area contributed by atoms with Gasteiger partial charge in [0.15, 0.2) is 5.82 Å². The van der Waals surface area contributed by atoms with Gasteiger partial charge in [0.25, 0.3) is 5.56 Å². The minimum absolute atomic E-state index is 0.189. The van der Waals surface area contributed by atoms with Crippen LogP contribution in [0.25, 0.3) is 28.3 Å². The van der Waals surface area contributed by atoms with Gasteiger partial charge in [-0.05, 0) is 52.0 Å². The van der Waals surface area contributed by atoms with Crippen molar-refractivity contribution in [2.24, 2.45) is 7.05 Å². The highest BCUT2D eigenvalue weighted by molar-refractivity contribution is 7.18. The van der Waals surface area contributed by atoms with Crippen LogP contribution in [0.1, 0.15) is 46.7 Å². The molecule has 0 fully saturated rings. The molecule has 0 aliphatic heterocycles. The van der Waals surface area contributed by atoms with Gasteiger partial charge in [0.2, 0.25) is 0 Å². The number of hydrogen-bond donors (Lipinski definition) is 1. The van der Waals surface area contributed by atoms with E-state index in [1.165, 1.54) is 0 Å². The summed E-state index contributed by atoms with van der Waals surface area (Å²) in [7, 11) is 0.915. The quantitative estimate of drug-likeness (QED) is 0.356. The Morgan fingerprint density at radius 3 is 2.52 bits per heavy atom. The average molecular weight is 589 g/mol. The standard InChI is InChI=1S/C29H21ClF4N2O3S/c1-35-24(29(32,33)34)22(26(38)36(28(35)39)27-23(31)21(13-37)25(30)40-27)20-8-4-7-16-18-10-9-14-5-2-3-6-15(14)17(18)11-12-19(16)20/h2-3,5-7,10-12,20,37H,4,8-9,13H2,1H3. The minimum atomic E-state index is -5.04. The zero-order valence-electron chi connectivity index (χ0n) is 21.0. The van der Waals surface area contributed by atoms with Gasteiger partial charge in [0, 0.05) is 18.5 Å². The lowest BCUT2D eigenvalue weighted by Gasteiger charge is -2.27. The molecule has 2 aromatic carbocycles. The maximum Gasteiger partial charge on any atom is 0.432 e. The van der Waals surface area contributed by atoms with Crippen molar-refractivity contribution >= 4 is 35.1 Å². The number of aliphatic hydroxyl groups is 1. The first-order valence-electron chi connectivity index (χ1n) is 12.5. The summed E-state index contributed by atoms with van der Waals surface area (Å²) < 4.78 is 59.3. The molecule has 1 unspecified atom stereocenters. The molecule has 11 heteroatoms. The zero-order valence-corrected chi connectivity index (χ0v) is 22.6. The number of aromatic nitrogens is 2. The number of fused-ring (bicyclic) bond motifs is 5. The van der Waals surface area contributed by atoms with Crippen LogP contribution in [0.15, 0.2) is 46.0 Å². The molecule has 4 aromatic rings. The lowest BCUT2D eigenvalue weighted by Crippen LogP contribution is -2.45. The SMILES string of the molecule is Cn1c(C(F)(F)F)c(C2CCC=c3c2ccc2c3=CCc3ccccc3-2)c(=O)n(-c2sc(Cl)c(CO)c2F)c1=O. The van der Waals surface area contributed by atoms with Gasteiger partial charge in [0.05, 0.1) is 12.2 Å². The summed E-state index contributed by atoms with van der Waals surface area (Å²) in [6.07, 6.45) is 0.216. The van der Waals surface area contributed by atoms with Crippen molar-refractivity contribution in [3.8, 4) is 16.1 Å². The van der Waals surface area contributed by atoms with E-state index in [0.29, 0.717) is 38.9 Å². The van der Waals surface area contributed by atoms with Crippen LogP contribution in [0, 0.1) is 5.82 Å². The van der Waals surface area contributed by atoms with E-state index < -0.39 is 52.0 Å². The number of nitrogens with zero attached hydrogens (tertiary/aromatic N) is 2. The topological polar surface area (TPSA) is 64.2 Å². The van der Waals surface area contributed by atoms with Crippen LogP contribution in [0.4, 0.5) is 17.6 Å². The summed E-state index contributed by atoms with van der Waals surface area (Å²) in [6.45, 7) is -0.805. The first-order chi connectivity index (χ1) is 19.0. The number of hydrogen-bond acceptors (Lipinski definition) is 4. The van der Waals surface area contributed by atoms with E-state index in [4.69, 9.17) is 11.6 Å². The first-order valence-corrected chi connectivity index (χ1v) is 13.7. The highest BCUT2D eigenvalue weighted by Gasteiger charge is 2.42. The Bertz CT molecular complexity index is 1960. The zero-order chi connectivity index (χ0) is 28.5. The highest BCUT2D eigenvalue weighted by Crippen LogP contribution is 2.39. The van der Waals surface area contributed by atoms with Crippen molar-refractivity contribution in [2.45, 2.75) is 38.0 Å². The number of thiophene rings is 1. The molecule has 206 valence electrons. The van der Waals surface area contributed by atoms with Crippen LogP contribution in [0.2, 0.25) is 4.34 Å². The highest BCUT2D eigenvalue weighted by atomic mass is 35.5. The number of alkyl halides is 3. The predicted molar refractivity (Wildman–Crippen MR) is 146 cm³/mol. The Morgan fingerprint density at radius 2 is 1.82 bits per heavy atom. The van der Waals surface area contributed by atoms with Crippen LogP contribution in [0.3, 0.4) is 0 Å². The fourth-order valence-electron chi connectivity index (χ4n) is 5.92. The van der Waals surface area contributed by atoms with Crippen LogP contribution in [-0.4, -0.2) is 14.2 Å². The minimum Gasteiger partial charge on any atom is -0.391 e. The second-order valence-corrected chi connectivity index (χ2v) is 11.4. The third-order valence-electron chi connectivity index (χ3n) is 7.69. The average Bonchev–Trinajstić information content (AvgIpc) is 3.21. The molecule has 6 rings (SSSR count). The van der Waals surface area contributed by atoms with Crippen molar-refractivity contribution in [2.75, 3.05) is 0 Å². The van der Waals surface area contributed by atoms with Gasteiger partial charge in [-0.3, -0.25) is 9.36 Å². The third kappa shape index (κ3) is 3.92. The third-order valence-corrected chi connectivity index (χ3v) is 9.13. The predicted octanol–water partition coefficient (Wildman–Crippen LogP) is 4.61. The van der Waals surface area contributed by atoms with E-state index >= 15 is 4.39 Å². The van der Waals surface area contributed by atoms with Crippen LogP contribution in [-0.2, 0) is 26.3 Å². The Balaban J connectivity index is 1.66. The molecule has 0 saturated carbocycles. The number of aliphatic hydroxyl groups excluding tert-OH is 1. The molecule has 2 heterocycles. The number of rotatable bonds is 3. The molecule has 0 saturated heterocycles. The summed E-state index contributed by atoms with van der Waals surface area (Å²) in [5.41, 5.74) is -1.28. The molecule has 5 nitrogen and oxygen atoms in total. The second kappa shape index (κ2) is 9.57. The molecular weight excluding hydrogens is 568 g/mol. The van der Waals surface area contributed by atoms with Crippen molar-refractivity contribution < 1.29 is 22.7 Å². The molecular formula is C29H21ClF4N2O3S. The summed E-state index contributed by atoms with van der Waals surface area (Å²) >= 11 is 6.52. The largest absolute Gasteiger partial charge is 0.432 e. The lowest BCUT2D eigenvalue weighted by atomic mass is 9.79. The van der Waals surface area contributed by atoms with Crippen molar-refractivity contribution in [3.05, 3.63) is 106 Å². The van der Waals surface area contributed by atoms with Crippen LogP contribution in [0.5, 0.6) is 0 Å². The van der Waals surface area contributed by atoms with Gasteiger partial charge < -0.3 is 5.11 Å². The normalized spacial score (nSPS) is 16.0. The van der Waals surface area contributed by atoms with Gasteiger partial charge in [0.1, 0.15) is 15.0 Å². The molecule has 0 radical (unpaired) electrons. The maximum atomic E-state index is 15.2. The van der Waals surface area contributed by atoms with Crippen LogP contribution < -0.4 is 21.7 Å². The molecule has 1 N–H and O–H groups in total. The Kier molecular flexibility index (Phi) is 6.40. The number of benzene rings is 2. The van der Waals surface area contributed by atoms with E-state index in [2.05, 4.69) is 0 Å². The molecule has 0 amide bonds. The molecule has 2 aliphatic carbocycles. The fourth-order valence-corrected chi connectivity index (χ4v) is 7.19. The van der Waals surface area contributed by atoms with Crippen LogP contribution >= 0.6 is 22.9 Å². The van der Waals surface area contributed by atoms with Crippen molar-refractivity contribution in [1.29, 1.82) is 0 Å². The lowest BCUT2D eigenvalue weighted by molar-refractivity contribution is -0.144. The van der Waals surface area contributed by atoms with Crippen molar-refractivity contribution in [3.63, 3.8) is 0 Å². The van der Waals surface area contributed by atoms with Gasteiger partial charge >= 0.3 is 11.9 Å². The molecule has 0 spiro atoms. The van der Waals surface area contributed by atoms with Gasteiger partial charge in [-0.25, -0.2) is 13.8 Å². The van der Waals surface area contributed by atoms with Gasteiger partial charge in [-0.1, -0.05) is 60.2 Å². The van der Waals surface area contributed by atoms with Gasteiger partial charge in [-0.2, -0.15) is 13.2 Å². The second-order valence-electron chi connectivity index (χ2n) is 9.80. The molecule has 1 atom stereocenters. The summed E-state index contributed by atoms with van der Waals surface area (Å²) in [4.78, 5) is 27.1. The Hall–Kier alpha value is -3.47. The van der Waals surface area contributed by atoms with Gasteiger partial charge in [-0.15, -0.1) is 11.3 Å². The first kappa shape index (κ1) is 26.7. The molecule has 2 aromatic heterocycles. The summed E-state index contributed by atoms with van der Waals surface area (Å²) in [5, 5.41) is 10.6. The van der Waals surface area contributed by atoms with E-state index in [-0.39, 0.29) is 16.3 Å². The Morgan fingerprint density at radius 1 is 1.07 bits per heavy atom. The monoisotopic (exact) mass is 588 g/mol. The molecule has 40 heavy (non-hydrogen) atoms. The fraction of sp³-hybridized carbons (Fsp3) is 0.241. The Labute approximate surface area is 233 Å². The maximum absolute atomic E-state index is 15.2. The number of halogens is 5. The smallest absolute Gasteiger partial charge is 0.391 e. The van der Waals surface area contributed by atoms with E-state index in [1.807, 2.05) is 42.5 Å². The van der Waals surface area contributed by atoms with E-state index in [1.54, 1.807) is 6.07 Å².